The van der Waals surface area contributed by atoms with E-state index in [1.165, 1.54) is 15.7 Å². The molecule has 4 rings (SSSR count). The number of benzene rings is 1. The molecule has 0 radical (unpaired) electrons. The lowest BCUT2D eigenvalue weighted by atomic mass is 9.92. The fourth-order valence-electron chi connectivity index (χ4n) is 4.08. The van der Waals surface area contributed by atoms with Crippen LogP contribution in [-0.2, 0) is 24.8 Å². The van der Waals surface area contributed by atoms with Crippen molar-refractivity contribution in [3.05, 3.63) is 58.1 Å². The molecular formula is C21H26N4O2. The van der Waals surface area contributed by atoms with Crippen molar-refractivity contribution >= 4 is 11.7 Å². The van der Waals surface area contributed by atoms with E-state index in [-0.39, 0.29) is 11.5 Å². The Morgan fingerprint density at radius 3 is 2.63 bits per heavy atom. The van der Waals surface area contributed by atoms with Crippen LogP contribution in [0.15, 0.2) is 41.5 Å². The minimum atomic E-state index is -0.0392. The van der Waals surface area contributed by atoms with Crippen molar-refractivity contribution in [2.45, 2.75) is 32.2 Å². The maximum Gasteiger partial charge on any atom is 0.255 e. The molecule has 1 aromatic heterocycles. The van der Waals surface area contributed by atoms with E-state index in [9.17, 15) is 9.59 Å². The zero-order valence-corrected chi connectivity index (χ0v) is 15.8. The molecule has 0 aliphatic carbocycles. The summed E-state index contributed by atoms with van der Waals surface area (Å²) in [5, 5.41) is 0. The zero-order chi connectivity index (χ0) is 18.8. The molecule has 6 heteroatoms. The van der Waals surface area contributed by atoms with E-state index in [0.717, 1.165) is 51.3 Å². The van der Waals surface area contributed by atoms with Crippen LogP contribution in [0.25, 0.3) is 0 Å². The van der Waals surface area contributed by atoms with Gasteiger partial charge in [-0.05, 0) is 36.3 Å². The normalized spacial score (nSPS) is 17.7. The molecule has 0 unspecified atom stereocenters. The minimum absolute atomic E-state index is 0.0392. The van der Waals surface area contributed by atoms with E-state index in [1.54, 1.807) is 19.4 Å². The van der Waals surface area contributed by atoms with Crippen molar-refractivity contribution in [3.8, 4) is 0 Å². The first-order valence-electron chi connectivity index (χ1n) is 9.72. The number of nitrogens with zero attached hydrogens (tertiary/aromatic N) is 4. The largest absolute Gasteiger partial charge is 0.356 e. The van der Waals surface area contributed by atoms with Crippen molar-refractivity contribution in [2.75, 3.05) is 24.5 Å². The quantitative estimate of drug-likeness (QED) is 0.833. The predicted molar refractivity (Wildman–Crippen MR) is 105 cm³/mol. The van der Waals surface area contributed by atoms with Gasteiger partial charge in [0.1, 0.15) is 5.82 Å². The highest BCUT2D eigenvalue weighted by Gasteiger charge is 2.26. The van der Waals surface area contributed by atoms with E-state index in [4.69, 9.17) is 0 Å². The average molecular weight is 366 g/mol. The van der Waals surface area contributed by atoms with Crippen molar-refractivity contribution in [3.63, 3.8) is 0 Å². The van der Waals surface area contributed by atoms with E-state index >= 15 is 0 Å². The van der Waals surface area contributed by atoms with Crippen LogP contribution in [0.4, 0.5) is 5.82 Å². The number of aromatic nitrogens is 2. The zero-order valence-electron chi connectivity index (χ0n) is 15.8. The summed E-state index contributed by atoms with van der Waals surface area (Å²) in [7, 11) is 1.70. The molecule has 2 aliphatic rings. The van der Waals surface area contributed by atoms with Crippen LogP contribution in [-0.4, -0.2) is 40.0 Å². The van der Waals surface area contributed by atoms with Crippen LogP contribution >= 0.6 is 0 Å². The molecule has 0 atom stereocenters. The number of rotatable bonds is 3. The fraction of sp³-hybridized carbons (Fsp3) is 0.476. The maximum absolute atomic E-state index is 12.8. The Morgan fingerprint density at radius 2 is 1.89 bits per heavy atom. The number of carbonyl (C=O) groups excluding carboxylic acids is 1. The Kier molecular flexibility index (Phi) is 4.97. The lowest BCUT2D eigenvalue weighted by molar-refractivity contribution is -0.133. The first kappa shape index (κ1) is 17.8. The highest BCUT2D eigenvalue weighted by molar-refractivity contribution is 5.76. The second kappa shape index (κ2) is 7.55. The summed E-state index contributed by atoms with van der Waals surface area (Å²) in [6.07, 6.45) is 5.08. The molecule has 6 nitrogen and oxygen atoms in total. The number of amides is 1. The number of hydrogen-bond acceptors (Lipinski definition) is 4. The van der Waals surface area contributed by atoms with Gasteiger partial charge in [0, 0.05) is 45.7 Å². The van der Waals surface area contributed by atoms with Crippen LogP contribution < -0.4 is 10.5 Å². The summed E-state index contributed by atoms with van der Waals surface area (Å²) in [5.41, 5.74) is 2.61. The molecule has 0 bridgehead atoms. The molecule has 0 N–H and O–H groups in total. The first-order valence-corrected chi connectivity index (χ1v) is 9.72. The van der Waals surface area contributed by atoms with Gasteiger partial charge >= 0.3 is 0 Å². The Bertz CT molecular complexity index is 884. The van der Waals surface area contributed by atoms with Crippen LogP contribution in [0.2, 0.25) is 0 Å². The highest BCUT2D eigenvalue weighted by atomic mass is 16.2. The Balaban J connectivity index is 1.31. The number of carbonyl (C=O) groups is 1. The molecular weight excluding hydrogens is 340 g/mol. The monoisotopic (exact) mass is 366 g/mol. The fourth-order valence-corrected chi connectivity index (χ4v) is 4.08. The SMILES string of the molecule is Cn1cnc(N2CCC(CC(=O)N3CCc4ccccc4C3)CC2)cc1=O. The number of piperidine rings is 1. The number of hydrogen-bond donors (Lipinski definition) is 0. The molecule has 0 spiro atoms. The summed E-state index contributed by atoms with van der Waals surface area (Å²) >= 11 is 0. The standard InChI is InChI=1S/C21H26N4O2/c1-23-15-22-19(13-20(23)26)24-9-6-16(7-10-24)12-21(27)25-11-8-17-4-2-3-5-18(17)14-25/h2-5,13,15-16H,6-12,14H2,1H3. The van der Waals surface area contributed by atoms with E-state index in [1.807, 2.05) is 11.0 Å². The predicted octanol–water partition coefficient (Wildman–Crippen LogP) is 1.97. The second-order valence-electron chi connectivity index (χ2n) is 7.66. The third kappa shape index (κ3) is 3.89. The van der Waals surface area contributed by atoms with E-state index in [2.05, 4.69) is 28.1 Å². The molecule has 1 aromatic carbocycles. The highest BCUT2D eigenvalue weighted by Crippen LogP contribution is 2.26. The summed E-state index contributed by atoms with van der Waals surface area (Å²) in [6.45, 7) is 3.26. The van der Waals surface area contributed by atoms with Gasteiger partial charge in [-0.3, -0.25) is 9.59 Å². The van der Waals surface area contributed by atoms with Crippen molar-refractivity contribution in [1.82, 2.24) is 14.5 Å². The van der Waals surface area contributed by atoms with Crippen molar-refractivity contribution in [1.29, 1.82) is 0 Å². The van der Waals surface area contributed by atoms with Gasteiger partial charge in [0.25, 0.3) is 5.56 Å². The van der Waals surface area contributed by atoms with Crippen LogP contribution in [0.3, 0.4) is 0 Å². The molecule has 2 aromatic rings. The number of anilines is 1. The van der Waals surface area contributed by atoms with Gasteiger partial charge in [-0.2, -0.15) is 0 Å². The number of aryl methyl sites for hydroxylation is 1. The van der Waals surface area contributed by atoms with Gasteiger partial charge in [-0.15, -0.1) is 0 Å². The van der Waals surface area contributed by atoms with Gasteiger partial charge in [0.05, 0.1) is 6.33 Å². The molecule has 2 aliphatic heterocycles. The summed E-state index contributed by atoms with van der Waals surface area (Å²) in [6, 6.07) is 10.0. The molecule has 1 saturated heterocycles. The molecule has 3 heterocycles. The summed E-state index contributed by atoms with van der Waals surface area (Å²) in [4.78, 5) is 33.1. The third-order valence-electron chi connectivity index (χ3n) is 5.85. The lowest BCUT2D eigenvalue weighted by Crippen LogP contribution is -2.40. The van der Waals surface area contributed by atoms with Gasteiger partial charge in [-0.1, -0.05) is 24.3 Å². The first-order chi connectivity index (χ1) is 13.1. The molecule has 1 fully saturated rings. The molecule has 0 saturated carbocycles. The van der Waals surface area contributed by atoms with E-state index < -0.39 is 0 Å². The van der Waals surface area contributed by atoms with Crippen LogP contribution in [0, 0.1) is 5.92 Å². The Labute approximate surface area is 159 Å². The van der Waals surface area contributed by atoms with Crippen molar-refractivity contribution < 1.29 is 4.79 Å². The summed E-state index contributed by atoms with van der Waals surface area (Å²) < 4.78 is 1.48. The molecule has 142 valence electrons. The molecule has 27 heavy (non-hydrogen) atoms. The van der Waals surface area contributed by atoms with Crippen LogP contribution in [0.1, 0.15) is 30.4 Å². The molecule has 1 amide bonds. The smallest absolute Gasteiger partial charge is 0.255 e. The third-order valence-corrected chi connectivity index (χ3v) is 5.85. The van der Waals surface area contributed by atoms with Gasteiger partial charge < -0.3 is 14.4 Å². The van der Waals surface area contributed by atoms with Gasteiger partial charge in [-0.25, -0.2) is 4.98 Å². The van der Waals surface area contributed by atoms with Gasteiger partial charge in [0.15, 0.2) is 0 Å². The summed E-state index contributed by atoms with van der Waals surface area (Å²) in [5.74, 6) is 1.43. The van der Waals surface area contributed by atoms with Gasteiger partial charge in [0.2, 0.25) is 5.91 Å². The lowest BCUT2D eigenvalue weighted by Gasteiger charge is -2.34. The van der Waals surface area contributed by atoms with E-state index in [0.29, 0.717) is 12.3 Å². The average Bonchev–Trinajstić information content (AvgIpc) is 2.70. The minimum Gasteiger partial charge on any atom is -0.356 e. The topological polar surface area (TPSA) is 58.4 Å². The second-order valence-corrected chi connectivity index (χ2v) is 7.66. The van der Waals surface area contributed by atoms with Crippen molar-refractivity contribution in [2.24, 2.45) is 13.0 Å². The Hall–Kier alpha value is -2.63. The number of fused-ring (bicyclic) bond motifs is 1. The Morgan fingerprint density at radius 1 is 1.15 bits per heavy atom. The van der Waals surface area contributed by atoms with Crippen LogP contribution in [0.5, 0.6) is 0 Å². The maximum atomic E-state index is 12.8.